The predicted octanol–water partition coefficient (Wildman–Crippen LogP) is 3.34. The molecule has 3 rings (SSSR count). The molecular formula is C27H30N2O9S. The summed E-state index contributed by atoms with van der Waals surface area (Å²) in [5, 5.41) is 2.61. The molecule has 0 radical (unpaired) electrons. The molecule has 1 N–H and O–H groups in total. The molecule has 0 saturated carbocycles. The van der Waals surface area contributed by atoms with Gasteiger partial charge < -0.3 is 29.0 Å². The van der Waals surface area contributed by atoms with Crippen molar-refractivity contribution in [1.82, 2.24) is 4.31 Å². The molecule has 0 unspecified atom stereocenters. The van der Waals surface area contributed by atoms with Crippen molar-refractivity contribution < 1.29 is 41.7 Å². The molecule has 0 aliphatic carbocycles. The van der Waals surface area contributed by atoms with Crippen LogP contribution in [-0.4, -0.2) is 66.7 Å². The normalized spacial score (nSPS) is 11.0. The van der Waals surface area contributed by atoms with E-state index >= 15 is 0 Å². The van der Waals surface area contributed by atoms with Crippen molar-refractivity contribution in [1.29, 1.82) is 0 Å². The summed E-state index contributed by atoms with van der Waals surface area (Å²) in [7, 11) is 2.63. The largest absolute Gasteiger partial charge is 0.493 e. The van der Waals surface area contributed by atoms with Crippen molar-refractivity contribution in [3.05, 3.63) is 71.8 Å². The smallest absolute Gasteiger partial charge is 0.340 e. The van der Waals surface area contributed by atoms with Crippen molar-refractivity contribution in [3.63, 3.8) is 0 Å². The number of carbonyl (C=O) groups excluding carboxylic acids is 2. The Labute approximate surface area is 227 Å². The highest BCUT2D eigenvalue weighted by atomic mass is 32.2. The number of rotatable bonds is 12. The van der Waals surface area contributed by atoms with Crippen LogP contribution in [-0.2, 0) is 26.1 Å². The number of benzene rings is 3. The molecule has 0 aliphatic rings. The molecule has 39 heavy (non-hydrogen) atoms. The molecular weight excluding hydrogens is 528 g/mol. The van der Waals surface area contributed by atoms with Gasteiger partial charge in [0.05, 0.1) is 58.2 Å². The van der Waals surface area contributed by atoms with Crippen molar-refractivity contribution in [3.8, 4) is 23.0 Å². The SMILES string of the molecule is COC(=O)c1cc(OC)c(OC)cc1NC(=O)CN(Cc1ccccc1)S(=O)(=O)c1ccc(OC)c(OC)c1. The number of ether oxygens (including phenoxy) is 5. The second-order valence-electron chi connectivity index (χ2n) is 8.07. The van der Waals surface area contributed by atoms with Gasteiger partial charge in [-0.15, -0.1) is 0 Å². The number of sulfonamides is 1. The van der Waals surface area contributed by atoms with Gasteiger partial charge in [0.15, 0.2) is 23.0 Å². The fourth-order valence-corrected chi connectivity index (χ4v) is 5.15. The van der Waals surface area contributed by atoms with E-state index in [9.17, 15) is 18.0 Å². The third-order valence-electron chi connectivity index (χ3n) is 5.72. The van der Waals surface area contributed by atoms with Gasteiger partial charge in [-0.3, -0.25) is 4.79 Å². The van der Waals surface area contributed by atoms with Gasteiger partial charge in [-0.25, -0.2) is 13.2 Å². The molecule has 3 aromatic rings. The van der Waals surface area contributed by atoms with Gasteiger partial charge in [-0.2, -0.15) is 4.31 Å². The predicted molar refractivity (Wildman–Crippen MR) is 143 cm³/mol. The summed E-state index contributed by atoms with van der Waals surface area (Å²) in [6.45, 7) is -0.665. The lowest BCUT2D eigenvalue weighted by Crippen LogP contribution is -2.37. The Morgan fingerprint density at radius 1 is 0.769 bits per heavy atom. The summed E-state index contributed by atoms with van der Waals surface area (Å²) in [5.74, 6) is -0.363. The van der Waals surface area contributed by atoms with Gasteiger partial charge >= 0.3 is 5.97 Å². The van der Waals surface area contributed by atoms with Crippen LogP contribution >= 0.6 is 0 Å². The number of hydrogen-bond acceptors (Lipinski definition) is 9. The van der Waals surface area contributed by atoms with Crippen LogP contribution in [0.3, 0.4) is 0 Å². The molecule has 1 amide bonds. The molecule has 11 nitrogen and oxygen atoms in total. The topological polar surface area (TPSA) is 130 Å². The maximum absolute atomic E-state index is 13.7. The third kappa shape index (κ3) is 6.78. The first kappa shape index (κ1) is 29.3. The minimum Gasteiger partial charge on any atom is -0.493 e. The summed E-state index contributed by atoms with van der Waals surface area (Å²) in [6.07, 6.45) is 0. The standard InChI is InChI=1S/C27H30N2O9S/c1-34-22-12-11-19(13-23(22)35-2)39(32,33)29(16-18-9-7-6-8-10-18)17-26(30)28-21-15-25(37-4)24(36-3)14-20(21)27(31)38-5/h6-15H,16-17H2,1-5H3,(H,28,30). The Morgan fingerprint density at radius 3 is 1.95 bits per heavy atom. The fourth-order valence-electron chi connectivity index (χ4n) is 3.75. The quantitative estimate of drug-likeness (QED) is 0.333. The number of methoxy groups -OCH3 is 5. The van der Waals surface area contributed by atoms with E-state index in [1.54, 1.807) is 30.3 Å². The molecule has 3 aromatic carbocycles. The highest BCUT2D eigenvalue weighted by molar-refractivity contribution is 7.89. The van der Waals surface area contributed by atoms with Gasteiger partial charge in [-0.1, -0.05) is 30.3 Å². The van der Waals surface area contributed by atoms with Gasteiger partial charge in [0, 0.05) is 24.7 Å². The average Bonchev–Trinajstić information content (AvgIpc) is 2.96. The molecule has 0 heterocycles. The van der Waals surface area contributed by atoms with Gasteiger partial charge in [0.2, 0.25) is 15.9 Å². The van der Waals surface area contributed by atoms with E-state index in [-0.39, 0.29) is 39.9 Å². The van der Waals surface area contributed by atoms with Crippen LogP contribution in [0.25, 0.3) is 0 Å². The first-order valence-electron chi connectivity index (χ1n) is 11.6. The monoisotopic (exact) mass is 558 g/mol. The second kappa shape index (κ2) is 13.0. The molecule has 208 valence electrons. The number of hydrogen-bond donors (Lipinski definition) is 1. The molecule has 0 aromatic heterocycles. The zero-order valence-corrected chi connectivity index (χ0v) is 23.0. The minimum absolute atomic E-state index is 0.000794. The van der Waals surface area contributed by atoms with Crippen molar-refractivity contribution in [2.24, 2.45) is 0 Å². The first-order chi connectivity index (χ1) is 18.7. The zero-order chi connectivity index (χ0) is 28.6. The van der Waals surface area contributed by atoms with Crippen LogP contribution in [0.1, 0.15) is 15.9 Å². The summed E-state index contributed by atoms with van der Waals surface area (Å²) in [4.78, 5) is 25.6. The van der Waals surface area contributed by atoms with Gasteiger partial charge in [0.1, 0.15) is 0 Å². The highest BCUT2D eigenvalue weighted by Crippen LogP contribution is 2.34. The number of anilines is 1. The lowest BCUT2D eigenvalue weighted by Gasteiger charge is -2.23. The van der Waals surface area contributed by atoms with Crippen LogP contribution in [0.2, 0.25) is 0 Å². The Hall–Kier alpha value is -4.29. The molecule has 0 fully saturated rings. The van der Waals surface area contributed by atoms with E-state index in [1.807, 2.05) is 0 Å². The van der Waals surface area contributed by atoms with Gasteiger partial charge in [0.25, 0.3) is 0 Å². The lowest BCUT2D eigenvalue weighted by molar-refractivity contribution is -0.116. The third-order valence-corrected chi connectivity index (χ3v) is 7.51. The Morgan fingerprint density at radius 2 is 1.36 bits per heavy atom. The van der Waals surface area contributed by atoms with Crippen LogP contribution < -0.4 is 24.3 Å². The van der Waals surface area contributed by atoms with E-state index < -0.39 is 28.4 Å². The Kier molecular flexibility index (Phi) is 9.74. The van der Waals surface area contributed by atoms with E-state index in [4.69, 9.17) is 23.7 Å². The van der Waals surface area contributed by atoms with Crippen molar-refractivity contribution >= 4 is 27.6 Å². The number of nitrogens with one attached hydrogen (secondary N) is 1. The van der Waals surface area contributed by atoms with Crippen LogP contribution in [0.5, 0.6) is 23.0 Å². The molecule has 12 heteroatoms. The molecule has 0 saturated heterocycles. The molecule has 0 atom stereocenters. The average molecular weight is 559 g/mol. The van der Waals surface area contributed by atoms with E-state index in [1.165, 1.54) is 65.9 Å². The highest BCUT2D eigenvalue weighted by Gasteiger charge is 2.29. The van der Waals surface area contributed by atoms with E-state index in [0.29, 0.717) is 11.3 Å². The lowest BCUT2D eigenvalue weighted by atomic mass is 10.1. The molecule has 0 aliphatic heterocycles. The van der Waals surface area contributed by atoms with Crippen LogP contribution in [0.15, 0.2) is 65.6 Å². The second-order valence-corrected chi connectivity index (χ2v) is 10.0. The van der Waals surface area contributed by atoms with Crippen molar-refractivity contribution in [2.75, 3.05) is 47.4 Å². The van der Waals surface area contributed by atoms with Gasteiger partial charge in [-0.05, 0) is 17.7 Å². The summed E-state index contributed by atoms with van der Waals surface area (Å²) < 4.78 is 54.3. The zero-order valence-electron chi connectivity index (χ0n) is 22.2. The summed E-state index contributed by atoms with van der Waals surface area (Å²) in [5.41, 5.74) is 0.726. The summed E-state index contributed by atoms with van der Waals surface area (Å²) in [6, 6.07) is 15.8. The first-order valence-corrected chi connectivity index (χ1v) is 13.0. The maximum Gasteiger partial charge on any atom is 0.340 e. The number of carbonyl (C=O) groups is 2. The fraction of sp³-hybridized carbons (Fsp3) is 0.259. The molecule has 0 bridgehead atoms. The number of nitrogens with zero attached hydrogens (tertiary/aromatic N) is 1. The van der Waals surface area contributed by atoms with Crippen LogP contribution in [0.4, 0.5) is 5.69 Å². The molecule has 0 spiro atoms. The van der Waals surface area contributed by atoms with Crippen molar-refractivity contribution in [2.45, 2.75) is 11.4 Å². The van der Waals surface area contributed by atoms with E-state index in [0.717, 1.165) is 4.31 Å². The summed E-state index contributed by atoms with van der Waals surface area (Å²) >= 11 is 0. The number of esters is 1. The van der Waals surface area contributed by atoms with Crippen LogP contribution in [0, 0.1) is 0 Å². The minimum atomic E-state index is -4.20. The van der Waals surface area contributed by atoms with E-state index in [2.05, 4.69) is 5.32 Å². The maximum atomic E-state index is 13.7. The number of amides is 1. The Bertz CT molecular complexity index is 1430. The Balaban J connectivity index is 1.99.